The van der Waals surface area contributed by atoms with Crippen molar-refractivity contribution in [3.05, 3.63) is 35.4 Å². The van der Waals surface area contributed by atoms with Gasteiger partial charge < -0.3 is 15.7 Å². The minimum atomic E-state index is -0.382. The molecule has 1 atom stereocenters. The lowest BCUT2D eigenvalue weighted by molar-refractivity contribution is 0.0773. The highest BCUT2D eigenvalue weighted by Crippen LogP contribution is 2.12. The zero-order chi connectivity index (χ0) is 12.8. The summed E-state index contributed by atoms with van der Waals surface area (Å²) in [6.45, 7) is 5.22. The highest BCUT2D eigenvalue weighted by molar-refractivity contribution is 5.94. The molecule has 0 aromatic heterocycles. The van der Waals surface area contributed by atoms with Crippen molar-refractivity contribution >= 4 is 5.91 Å². The number of carbonyl (C=O) groups excluding carboxylic acids is 1. The van der Waals surface area contributed by atoms with Gasteiger partial charge in [0, 0.05) is 18.7 Å². The highest BCUT2D eigenvalue weighted by atomic mass is 16.3. The van der Waals surface area contributed by atoms with Gasteiger partial charge in [0.2, 0.25) is 0 Å². The SMILES string of the molecule is CCN(CC)C(=O)c1ccc([C@H](N)CO)cc1. The quantitative estimate of drug-likeness (QED) is 0.806. The molecule has 94 valence electrons. The molecule has 0 fully saturated rings. The maximum Gasteiger partial charge on any atom is 0.253 e. The number of amides is 1. The van der Waals surface area contributed by atoms with Gasteiger partial charge in [0.15, 0.2) is 0 Å². The van der Waals surface area contributed by atoms with Crippen molar-refractivity contribution < 1.29 is 9.90 Å². The molecule has 1 aromatic carbocycles. The van der Waals surface area contributed by atoms with Crippen LogP contribution in [0.25, 0.3) is 0 Å². The lowest BCUT2D eigenvalue weighted by Gasteiger charge is -2.19. The molecule has 17 heavy (non-hydrogen) atoms. The second-order valence-electron chi connectivity index (χ2n) is 3.89. The summed E-state index contributed by atoms with van der Waals surface area (Å²) in [4.78, 5) is 13.8. The van der Waals surface area contributed by atoms with Crippen LogP contribution in [0.1, 0.15) is 35.8 Å². The van der Waals surface area contributed by atoms with E-state index in [2.05, 4.69) is 0 Å². The first-order valence-corrected chi connectivity index (χ1v) is 5.89. The molecule has 0 aliphatic carbocycles. The second kappa shape index (κ2) is 6.37. The Hall–Kier alpha value is -1.39. The van der Waals surface area contributed by atoms with E-state index in [1.807, 2.05) is 13.8 Å². The molecule has 4 nitrogen and oxygen atoms in total. The first-order chi connectivity index (χ1) is 8.13. The molecule has 0 radical (unpaired) electrons. The predicted molar refractivity (Wildman–Crippen MR) is 67.7 cm³/mol. The van der Waals surface area contributed by atoms with Crippen molar-refractivity contribution in [2.45, 2.75) is 19.9 Å². The first-order valence-electron chi connectivity index (χ1n) is 5.89. The van der Waals surface area contributed by atoms with Crippen LogP contribution in [0.4, 0.5) is 0 Å². The fraction of sp³-hybridized carbons (Fsp3) is 0.462. The average Bonchev–Trinajstić information content (AvgIpc) is 2.39. The number of nitrogens with two attached hydrogens (primary N) is 1. The maximum absolute atomic E-state index is 12.0. The van der Waals surface area contributed by atoms with Crippen molar-refractivity contribution in [3.63, 3.8) is 0 Å². The zero-order valence-electron chi connectivity index (χ0n) is 10.4. The monoisotopic (exact) mass is 236 g/mol. The molecule has 1 amide bonds. The van der Waals surface area contributed by atoms with Gasteiger partial charge >= 0.3 is 0 Å². The van der Waals surface area contributed by atoms with Crippen molar-refractivity contribution in [2.75, 3.05) is 19.7 Å². The first kappa shape index (κ1) is 13.7. The van der Waals surface area contributed by atoms with E-state index in [4.69, 9.17) is 10.8 Å². The van der Waals surface area contributed by atoms with E-state index >= 15 is 0 Å². The number of nitrogens with zero attached hydrogens (tertiary/aromatic N) is 1. The summed E-state index contributed by atoms with van der Waals surface area (Å²) in [6, 6.07) is 6.71. The summed E-state index contributed by atoms with van der Waals surface area (Å²) in [5.74, 6) is 0.0270. The van der Waals surface area contributed by atoms with Gasteiger partial charge in [-0.05, 0) is 31.5 Å². The second-order valence-corrected chi connectivity index (χ2v) is 3.89. The zero-order valence-corrected chi connectivity index (χ0v) is 10.4. The van der Waals surface area contributed by atoms with Crippen LogP contribution >= 0.6 is 0 Å². The van der Waals surface area contributed by atoms with Crippen molar-refractivity contribution in [1.29, 1.82) is 0 Å². The van der Waals surface area contributed by atoms with E-state index in [0.717, 1.165) is 5.56 Å². The van der Waals surface area contributed by atoms with Crippen LogP contribution in [0.3, 0.4) is 0 Å². The molecular weight excluding hydrogens is 216 g/mol. The Morgan fingerprint density at radius 2 is 1.82 bits per heavy atom. The molecule has 0 saturated heterocycles. The molecule has 0 spiro atoms. The summed E-state index contributed by atoms with van der Waals surface area (Å²) < 4.78 is 0. The van der Waals surface area contributed by atoms with E-state index in [-0.39, 0.29) is 18.6 Å². The Bertz CT molecular complexity index is 358. The number of aliphatic hydroxyl groups is 1. The van der Waals surface area contributed by atoms with Crippen molar-refractivity contribution in [3.8, 4) is 0 Å². The Labute approximate surface area is 102 Å². The number of benzene rings is 1. The third-order valence-electron chi connectivity index (χ3n) is 2.83. The summed E-state index contributed by atoms with van der Waals surface area (Å²) in [6.07, 6.45) is 0. The third kappa shape index (κ3) is 3.28. The van der Waals surface area contributed by atoms with Crippen LogP contribution in [0.15, 0.2) is 24.3 Å². The van der Waals surface area contributed by atoms with Crippen molar-refractivity contribution in [1.82, 2.24) is 4.90 Å². The molecule has 4 heteroatoms. The number of carbonyl (C=O) groups is 1. The third-order valence-corrected chi connectivity index (χ3v) is 2.83. The maximum atomic E-state index is 12.0. The molecule has 0 heterocycles. The number of hydrogen-bond acceptors (Lipinski definition) is 3. The molecule has 0 saturated carbocycles. The molecule has 1 aromatic rings. The molecule has 3 N–H and O–H groups in total. The van der Waals surface area contributed by atoms with Gasteiger partial charge in [0.25, 0.3) is 5.91 Å². The summed E-state index contributed by atoms with van der Waals surface area (Å²) in [5, 5.41) is 8.93. The molecule has 0 aliphatic heterocycles. The normalized spacial score (nSPS) is 12.2. The molecule has 0 unspecified atom stereocenters. The lowest BCUT2D eigenvalue weighted by Crippen LogP contribution is -2.30. The minimum Gasteiger partial charge on any atom is -0.394 e. The smallest absolute Gasteiger partial charge is 0.253 e. The topological polar surface area (TPSA) is 66.6 Å². The summed E-state index contributed by atoms with van der Waals surface area (Å²) in [5.41, 5.74) is 7.18. The van der Waals surface area contributed by atoms with Crippen LogP contribution in [-0.4, -0.2) is 35.6 Å². The molecule has 1 rings (SSSR count). The predicted octanol–water partition coefficient (Wildman–Crippen LogP) is 1.16. The standard InChI is InChI=1S/C13H20N2O2/c1-3-15(4-2)13(17)11-7-5-10(6-8-11)12(14)9-16/h5-8,12,16H,3-4,9,14H2,1-2H3/t12-/m1/s1. The highest BCUT2D eigenvalue weighted by Gasteiger charge is 2.12. The number of aliphatic hydroxyl groups excluding tert-OH is 1. The van der Waals surface area contributed by atoms with Crippen molar-refractivity contribution in [2.24, 2.45) is 5.73 Å². The van der Waals surface area contributed by atoms with Gasteiger partial charge in [-0.2, -0.15) is 0 Å². The Morgan fingerprint density at radius 1 is 1.29 bits per heavy atom. The molecule has 0 bridgehead atoms. The lowest BCUT2D eigenvalue weighted by atomic mass is 10.1. The summed E-state index contributed by atoms with van der Waals surface area (Å²) >= 11 is 0. The van der Waals surface area contributed by atoms with Gasteiger partial charge in [-0.25, -0.2) is 0 Å². The van der Waals surface area contributed by atoms with Gasteiger partial charge in [-0.1, -0.05) is 12.1 Å². The fourth-order valence-electron chi connectivity index (χ4n) is 1.67. The molecule has 0 aliphatic rings. The largest absolute Gasteiger partial charge is 0.394 e. The van der Waals surface area contributed by atoms with E-state index in [0.29, 0.717) is 18.7 Å². The van der Waals surface area contributed by atoms with Gasteiger partial charge in [-0.15, -0.1) is 0 Å². The Kier molecular flexibility index (Phi) is 5.12. The molecular formula is C13H20N2O2. The summed E-state index contributed by atoms with van der Waals surface area (Å²) in [7, 11) is 0. The van der Waals surface area contributed by atoms with E-state index in [1.165, 1.54) is 0 Å². The van der Waals surface area contributed by atoms with Crippen LogP contribution in [0.5, 0.6) is 0 Å². The Morgan fingerprint density at radius 3 is 2.24 bits per heavy atom. The number of rotatable bonds is 5. The van der Waals surface area contributed by atoms with Crippen LogP contribution in [0, 0.1) is 0 Å². The Balaban J connectivity index is 2.83. The fourth-order valence-corrected chi connectivity index (χ4v) is 1.67. The minimum absolute atomic E-state index is 0.0270. The average molecular weight is 236 g/mol. The van der Waals surface area contributed by atoms with Gasteiger partial charge in [-0.3, -0.25) is 4.79 Å². The van der Waals surface area contributed by atoms with E-state index < -0.39 is 0 Å². The van der Waals surface area contributed by atoms with Gasteiger partial charge in [0.05, 0.1) is 12.6 Å². The van der Waals surface area contributed by atoms with Crippen LogP contribution in [-0.2, 0) is 0 Å². The van der Waals surface area contributed by atoms with E-state index in [9.17, 15) is 4.79 Å². The van der Waals surface area contributed by atoms with Gasteiger partial charge in [0.1, 0.15) is 0 Å². The van der Waals surface area contributed by atoms with E-state index in [1.54, 1.807) is 29.2 Å². The number of hydrogen-bond donors (Lipinski definition) is 2. The van der Waals surface area contributed by atoms with Crippen LogP contribution < -0.4 is 5.73 Å². The van der Waals surface area contributed by atoms with Crippen LogP contribution in [0.2, 0.25) is 0 Å².